The molecular weight excluding hydrogens is 242 g/mol. The highest BCUT2D eigenvalue weighted by Gasteiger charge is 2.30. The van der Waals surface area contributed by atoms with Crippen LogP contribution in [0.25, 0.3) is 10.9 Å². The van der Waals surface area contributed by atoms with Crippen molar-refractivity contribution in [1.82, 2.24) is 9.97 Å². The fourth-order valence-corrected chi connectivity index (χ4v) is 2.34. The standard InChI is InChI=1S/C14H15N3O2/c1-2-17(9-7-8-9)13-10-5-3-4-6-11(10)15-12(16-13)14(18)19/h3-6,9H,2,7-8H2,1H3,(H,18,19). The second-order valence-corrected chi connectivity index (χ2v) is 4.71. The van der Waals surface area contributed by atoms with Gasteiger partial charge in [0.1, 0.15) is 5.82 Å². The molecule has 19 heavy (non-hydrogen) atoms. The van der Waals surface area contributed by atoms with Crippen LogP contribution in [0.15, 0.2) is 24.3 Å². The Balaban J connectivity index is 2.22. The summed E-state index contributed by atoms with van der Waals surface area (Å²) in [5.41, 5.74) is 0.684. The number of carbonyl (C=O) groups is 1. The Kier molecular flexibility index (Phi) is 2.81. The molecule has 1 N–H and O–H groups in total. The first-order valence-electron chi connectivity index (χ1n) is 6.47. The number of carboxylic acids is 1. The second kappa shape index (κ2) is 4.50. The van der Waals surface area contributed by atoms with Gasteiger partial charge in [0.15, 0.2) is 0 Å². The van der Waals surface area contributed by atoms with E-state index in [2.05, 4.69) is 21.8 Å². The maximum Gasteiger partial charge on any atom is 0.374 e. The normalized spacial score (nSPS) is 14.6. The van der Waals surface area contributed by atoms with Crippen LogP contribution in [0.4, 0.5) is 5.82 Å². The zero-order chi connectivity index (χ0) is 13.4. The molecule has 0 atom stereocenters. The molecule has 5 heteroatoms. The molecule has 0 aliphatic heterocycles. The van der Waals surface area contributed by atoms with Gasteiger partial charge in [-0.2, -0.15) is 0 Å². The number of nitrogens with zero attached hydrogens (tertiary/aromatic N) is 3. The summed E-state index contributed by atoms with van der Waals surface area (Å²) in [6.07, 6.45) is 2.29. The van der Waals surface area contributed by atoms with Gasteiger partial charge < -0.3 is 10.0 Å². The summed E-state index contributed by atoms with van der Waals surface area (Å²) < 4.78 is 0. The molecule has 1 aliphatic rings. The van der Waals surface area contributed by atoms with Crippen molar-refractivity contribution in [3.63, 3.8) is 0 Å². The Morgan fingerprint density at radius 3 is 2.74 bits per heavy atom. The summed E-state index contributed by atoms with van der Waals surface area (Å²) in [5.74, 6) is -0.473. The van der Waals surface area contributed by atoms with E-state index in [4.69, 9.17) is 5.11 Å². The Morgan fingerprint density at radius 2 is 2.11 bits per heavy atom. The number of hydrogen-bond donors (Lipinski definition) is 1. The molecule has 0 amide bonds. The molecule has 98 valence electrons. The lowest BCUT2D eigenvalue weighted by molar-refractivity contribution is 0.0684. The molecule has 1 aromatic heterocycles. The van der Waals surface area contributed by atoms with Gasteiger partial charge in [-0.15, -0.1) is 0 Å². The predicted octanol–water partition coefficient (Wildman–Crippen LogP) is 2.32. The zero-order valence-electron chi connectivity index (χ0n) is 10.7. The molecule has 1 fully saturated rings. The molecule has 0 radical (unpaired) electrons. The minimum absolute atomic E-state index is 0.132. The van der Waals surface area contributed by atoms with Gasteiger partial charge >= 0.3 is 5.97 Å². The van der Waals surface area contributed by atoms with E-state index in [1.54, 1.807) is 0 Å². The number of hydrogen-bond acceptors (Lipinski definition) is 4. The average molecular weight is 257 g/mol. The van der Waals surface area contributed by atoms with Crippen LogP contribution in [0, 0.1) is 0 Å². The number of anilines is 1. The Bertz CT molecular complexity index is 638. The van der Waals surface area contributed by atoms with E-state index in [-0.39, 0.29) is 5.82 Å². The van der Waals surface area contributed by atoms with Crippen molar-refractivity contribution in [3.8, 4) is 0 Å². The van der Waals surface area contributed by atoms with E-state index in [0.29, 0.717) is 11.6 Å². The quantitative estimate of drug-likeness (QED) is 0.910. The van der Waals surface area contributed by atoms with Crippen molar-refractivity contribution >= 4 is 22.7 Å². The summed E-state index contributed by atoms with van der Waals surface area (Å²) in [5, 5.41) is 10.1. The fourth-order valence-electron chi connectivity index (χ4n) is 2.34. The average Bonchev–Trinajstić information content (AvgIpc) is 3.24. The third-order valence-corrected chi connectivity index (χ3v) is 3.37. The van der Waals surface area contributed by atoms with Crippen molar-refractivity contribution in [2.75, 3.05) is 11.4 Å². The van der Waals surface area contributed by atoms with Crippen LogP contribution in [0.5, 0.6) is 0 Å². The molecule has 0 saturated heterocycles. The lowest BCUT2D eigenvalue weighted by Gasteiger charge is -2.23. The summed E-state index contributed by atoms with van der Waals surface area (Å²) in [6, 6.07) is 8.05. The highest BCUT2D eigenvalue weighted by atomic mass is 16.4. The number of rotatable bonds is 4. The first-order valence-corrected chi connectivity index (χ1v) is 6.47. The van der Waals surface area contributed by atoms with Gasteiger partial charge in [-0.1, -0.05) is 12.1 Å². The van der Waals surface area contributed by atoms with Crippen LogP contribution >= 0.6 is 0 Å². The van der Waals surface area contributed by atoms with Gasteiger partial charge in [-0.25, -0.2) is 14.8 Å². The van der Waals surface area contributed by atoms with E-state index in [1.165, 1.54) is 0 Å². The summed E-state index contributed by atoms with van der Waals surface area (Å²) >= 11 is 0. The van der Waals surface area contributed by atoms with Crippen LogP contribution in [-0.2, 0) is 0 Å². The summed E-state index contributed by atoms with van der Waals surface area (Å²) in [7, 11) is 0. The van der Waals surface area contributed by atoms with E-state index in [0.717, 1.165) is 30.6 Å². The monoisotopic (exact) mass is 257 g/mol. The largest absolute Gasteiger partial charge is 0.475 e. The van der Waals surface area contributed by atoms with Crippen molar-refractivity contribution in [2.24, 2.45) is 0 Å². The predicted molar refractivity (Wildman–Crippen MR) is 72.5 cm³/mol. The minimum atomic E-state index is -1.08. The molecule has 0 bridgehead atoms. The topological polar surface area (TPSA) is 66.3 Å². The molecule has 2 aromatic rings. The van der Waals surface area contributed by atoms with E-state index in [1.807, 2.05) is 24.3 Å². The zero-order valence-corrected chi connectivity index (χ0v) is 10.7. The third kappa shape index (κ3) is 2.12. The molecule has 3 rings (SSSR count). The second-order valence-electron chi connectivity index (χ2n) is 4.71. The Morgan fingerprint density at radius 1 is 1.37 bits per heavy atom. The molecule has 1 aromatic carbocycles. The van der Waals surface area contributed by atoms with Gasteiger partial charge in [0, 0.05) is 18.0 Å². The molecule has 1 aliphatic carbocycles. The molecule has 5 nitrogen and oxygen atoms in total. The summed E-state index contributed by atoms with van der Waals surface area (Å²) in [4.78, 5) is 21.7. The van der Waals surface area contributed by atoms with E-state index >= 15 is 0 Å². The summed E-state index contributed by atoms with van der Waals surface area (Å²) in [6.45, 7) is 2.89. The highest BCUT2D eigenvalue weighted by Crippen LogP contribution is 2.33. The highest BCUT2D eigenvalue weighted by molar-refractivity contribution is 5.94. The van der Waals surface area contributed by atoms with E-state index < -0.39 is 5.97 Å². The number of carboxylic acid groups (broad SMARTS) is 1. The Hall–Kier alpha value is -2.17. The van der Waals surface area contributed by atoms with Crippen LogP contribution in [0.1, 0.15) is 30.4 Å². The van der Waals surface area contributed by atoms with Crippen molar-refractivity contribution in [3.05, 3.63) is 30.1 Å². The smallest absolute Gasteiger partial charge is 0.374 e. The Labute approximate surface area is 110 Å². The first-order chi connectivity index (χ1) is 9.20. The van der Waals surface area contributed by atoms with Gasteiger partial charge in [0.25, 0.3) is 0 Å². The molecule has 0 unspecified atom stereocenters. The first kappa shape index (κ1) is 11.9. The number of para-hydroxylation sites is 1. The van der Waals surface area contributed by atoms with Gasteiger partial charge in [0.05, 0.1) is 5.52 Å². The van der Waals surface area contributed by atoms with Crippen LogP contribution in [0.2, 0.25) is 0 Å². The van der Waals surface area contributed by atoms with Gasteiger partial charge in [-0.05, 0) is 31.9 Å². The van der Waals surface area contributed by atoms with Crippen molar-refractivity contribution in [1.29, 1.82) is 0 Å². The number of benzene rings is 1. The van der Waals surface area contributed by atoms with Crippen LogP contribution in [0.3, 0.4) is 0 Å². The molecule has 1 saturated carbocycles. The number of aromatic carboxylic acids is 1. The molecule has 1 heterocycles. The third-order valence-electron chi connectivity index (χ3n) is 3.37. The molecule has 0 spiro atoms. The van der Waals surface area contributed by atoms with Gasteiger partial charge in [0.2, 0.25) is 5.82 Å². The van der Waals surface area contributed by atoms with Crippen molar-refractivity contribution < 1.29 is 9.90 Å². The lowest BCUT2D eigenvalue weighted by Crippen LogP contribution is -2.27. The fraction of sp³-hybridized carbons (Fsp3) is 0.357. The lowest BCUT2D eigenvalue weighted by atomic mass is 10.2. The minimum Gasteiger partial charge on any atom is -0.475 e. The number of aromatic nitrogens is 2. The van der Waals surface area contributed by atoms with E-state index in [9.17, 15) is 4.79 Å². The molecular formula is C14H15N3O2. The number of fused-ring (bicyclic) bond motifs is 1. The SMILES string of the molecule is CCN(c1nc(C(=O)O)nc2ccccc12)C1CC1. The maximum atomic E-state index is 11.1. The van der Waals surface area contributed by atoms with Crippen LogP contribution in [-0.4, -0.2) is 33.6 Å². The van der Waals surface area contributed by atoms with Gasteiger partial charge in [-0.3, -0.25) is 0 Å². The van der Waals surface area contributed by atoms with Crippen molar-refractivity contribution in [2.45, 2.75) is 25.8 Å². The van der Waals surface area contributed by atoms with Crippen LogP contribution < -0.4 is 4.90 Å². The maximum absolute atomic E-state index is 11.1.